The van der Waals surface area contributed by atoms with Crippen molar-refractivity contribution in [3.63, 3.8) is 0 Å². The number of nitrogens with zero attached hydrogens (tertiary/aromatic N) is 5. The van der Waals surface area contributed by atoms with E-state index >= 15 is 4.39 Å². The van der Waals surface area contributed by atoms with Crippen LogP contribution in [0, 0.1) is 29.8 Å². The lowest BCUT2D eigenvalue weighted by Gasteiger charge is -2.41. The summed E-state index contributed by atoms with van der Waals surface area (Å²) in [6.45, 7) is 2.87. The number of nitrogens with one attached hydrogen (secondary N) is 1. The summed E-state index contributed by atoms with van der Waals surface area (Å²) >= 11 is 0. The highest BCUT2D eigenvalue weighted by Gasteiger charge is 2.50. The zero-order chi connectivity index (χ0) is 33.4. The van der Waals surface area contributed by atoms with Gasteiger partial charge in [0.05, 0.1) is 28.6 Å². The van der Waals surface area contributed by atoms with Gasteiger partial charge in [-0.25, -0.2) is 17.6 Å². The van der Waals surface area contributed by atoms with Crippen LogP contribution in [0.25, 0.3) is 32.9 Å². The Morgan fingerprint density at radius 2 is 1.98 bits per heavy atom. The smallest absolute Gasteiger partial charge is 0.319 e. The molecule has 4 fully saturated rings. The maximum Gasteiger partial charge on any atom is 0.319 e. The molecule has 8 rings (SSSR count). The number of alkyl halides is 1. The molecule has 2 aromatic carbocycles. The monoisotopic (exact) mass is 662 g/mol. The van der Waals surface area contributed by atoms with Gasteiger partial charge < -0.3 is 24.8 Å². The number of hydrogen-bond acceptors (Lipinski definition) is 9. The minimum absolute atomic E-state index is 0.0216. The van der Waals surface area contributed by atoms with Gasteiger partial charge in [-0.05, 0) is 55.8 Å². The van der Waals surface area contributed by atoms with Gasteiger partial charge in [-0.2, -0.15) is 9.97 Å². The molecule has 4 atom stereocenters. The van der Waals surface area contributed by atoms with Gasteiger partial charge in [0.2, 0.25) is 0 Å². The second-order valence-corrected chi connectivity index (χ2v) is 13.6. The van der Waals surface area contributed by atoms with Crippen molar-refractivity contribution < 1.29 is 32.1 Å². The third-order valence-corrected chi connectivity index (χ3v) is 10.5. The second kappa shape index (κ2) is 11.4. The fraction of sp³-hybridized carbons (Fsp3) is 0.457. The van der Waals surface area contributed by atoms with Gasteiger partial charge in [0, 0.05) is 56.4 Å². The molecule has 2 unspecified atom stereocenters. The number of aromatic nitrogens is 3. The Morgan fingerprint density at radius 3 is 2.79 bits per heavy atom. The van der Waals surface area contributed by atoms with Crippen molar-refractivity contribution in [2.45, 2.75) is 55.4 Å². The standard InChI is InChI=1S/C35H34F4N6O3/c1-3-23-27-19(10-26(37)28(23)38)9-22(46)11-24(27)30-29(39)31-25(13-40-30)32(44-15-21-5-7-34(16-44,43-21)17-47-2)42-33(41-31)48-18-35-6-4-8-45(35)14-20(36)12-35/h1,9-11,13,20-21,43,46H,4-8,12,14-18H2,2H3/t20-,21?,34?,35+/m1/s1. The molecule has 0 saturated carbocycles. The highest BCUT2D eigenvalue weighted by molar-refractivity contribution is 6.03. The molecule has 0 aliphatic carbocycles. The number of phenols is 1. The van der Waals surface area contributed by atoms with E-state index in [-0.39, 0.29) is 57.5 Å². The third kappa shape index (κ3) is 4.92. The number of terminal acetylenes is 1. The summed E-state index contributed by atoms with van der Waals surface area (Å²) in [4.78, 5) is 18.0. The lowest BCUT2D eigenvalue weighted by molar-refractivity contribution is 0.107. The Labute approximate surface area is 274 Å². The largest absolute Gasteiger partial charge is 0.508 e. The van der Waals surface area contributed by atoms with Crippen molar-refractivity contribution in [2.75, 3.05) is 51.4 Å². The van der Waals surface area contributed by atoms with E-state index in [1.165, 1.54) is 18.3 Å². The van der Waals surface area contributed by atoms with Crippen LogP contribution in [0.15, 0.2) is 24.4 Å². The van der Waals surface area contributed by atoms with Crippen LogP contribution in [0.4, 0.5) is 23.4 Å². The Balaban J connectivity index is 1.28. The van der Waals surface area contributed by atoms with Gasteiger partial charge in [-0.3, -0.25) is 9.88 Å². The second-order valence-electron chi connectivity index (χ2n) is 13.6. The molecule has 0 radical (unpaired) electrons. The van der Waals surface area contributed by atoms with Crippen molar-refractivity contribution in [1.82, 2.24) is 25.2 Å². The number of fused-ring (bicyclic) bond motifs is 5. The number of phenolic OH excluding ortho intramolecular Hbond substituents is 1. The van der Waals surface area contributed by atoms with Crippen molar-refractivity contribution in [1.29, 1.82) is 0 Å². The van der Waals surface area contributed by atoms with Gasteiger partial charge in [-0.1, -0.05) is 5.92 Å². The maximum atomic E-state index is 16.9. The van der Waals surface area contributed by atoms with Crippen LogP contribution in [0.5, 0.6) is 11.8 Å². The van der Waals surface area contributed by atoms with E-state index in [0.717, 1.165) is 38.3 Å². The SMILES string of the molecule is C#Cc1c(F)c(F)cc2cc(O)cc(-c3ncc4c(N5CC6CCC(COC)(C5)N6)nc(OC[C@@]56CCCN5C[C@H](F)C6)nc4c3F)c12. The summed E-state index contributed by atoms with van der Waals surface area (Å²) in [6.07, 6.45) is 9.95. The van der Waals surface area contributed by atoms with E-state index < -0.39 is 34.7 Å². The molecule has 2 bridgehead atoms. The Kier molecular flexibility index (Phi) is 7.39. The fourth-order valence-corrected chi connectivity index (χ4v) is 8.54. The Bertz CT molecular complexity index is 2000. The molecule has 9 nitrogen and oxygen atoms in total. The molecule has 4 saturated heterocycles. The zero-order valence-electron chi connectivity index (χ0n) is 26.3. The molecule has 4 aliphatic rings. The minimum Gasteiger partial charge on any atom is -0.508 e. The van der Waals surface area contributed by atoms with Crippen LogP contribution in [-0.2, 0) is 4.74 Å². The molecule has 13 heteroatoms. The van der Waals surface area contributed by atoms with Crippen LogP contribution in [-0.4, -0.2) is 94.8 Å². The number of hydrogen-bond donors (Lipinski definition) is 2. The molecule has 2 N–H and O–H groups in total. The molecule has 4 aliphatic heterocycles. The molecule has 250 valence electrons. The van der Waals surface area contributed by atoms with E-state index in [1.54, 1.807) is 7.11 Å². The number of anilines is 1. The maximum absolute atomic E-state index is 16.9. The highest BCUT2D eigenvalue weighted by Crippen LogP contribution is 2.43. The van der Waals surface area contributed by atoms with Crippen molar-refractivity contribution in [2.24, 2.45) is 0 Å². The number of benzene rings is 2. The fourth-order valence-electron chi connectivity index (χ4n) is 8.54. The van der Waals surface area contributed by atoms with Crippen LogP contribution < -0.4 is 15.0 Å². The van der Waals surface area contributed by atoms with E-state index in [2.05, 4.69) is 31.0 Å². The Hall–Kier alpha value is -4.25. The van der Waals surface area contributed by atoms with Crippen LogP contribution in [0.3, 0.4) is 0 Å². The summed E-state index contributed by atoms with van der Waals surface area (Å²) in [7, 11) is 1.66. The van der Waals surface area contributed by atoms with Crippen LogP contribution in [0.1, 0.15) is 37.7 Å². The summed E-state index contributed by atoms with van der Waals surface area (Å²) in [5.41, 5.74) is -1.63. The third-order valence-electron chi connectivity index (χ3n) is 10.5. The van der Waals surface area contributed by atoms with Gasteiger partial charge >= 0.3 is 6.01 Å². The van der Waals surface area contributed by atoms with Crippen LogP contribution >= 0.6 is 0 Å². The molecule has 48 heavy (non-hydrogen) atoms. The minimum atomic E-state index is -1.26. The van der Waals surface area contributed by atoms with Crippen molar-refractivity contribution in [3.05, 3.63) is 47.4 Å². The van der Waals surface area contributed by atoms with Crippen molar-refractivity contribution >= 4 is 27.5 Å². The van der Waals surface area contributed by atoms with Crippen LogP contribution in [0.2, 0.25) is 0 Å². The molecule has 4 aromatic rings. The van der Waals surface area contributed by atoms with E-state index in [4.69, 9.17) is 20.9 Å². The van der Waals surface area contributed by atoms with Gasteiger partial charge in [0.25, 0.3) is 0 Å². The van der Waals surface area contributed by atoms with E-state index in [0.29, 0.717) is 43.9 Å². The van der Waals surface area contributed by atoms with Gasteiger partial charge in [0.15, 0.2) is 17.5 Å². The molecule has 0 amide bonds. The average molecular weight is 663 g/mol. The van der Waals surface area contributed by atoms with Crippen molar-refractivity contribution in [3.8, 4) is 35.4 Å². The highest BCUT2D eigenvalue weighted by atomic mass is 19.2. The number of ether oxygens (including phenoxy) is 2. The lowest BCUT2D eigenvalue weighted by Crippen LogP contribution is -2.61. The summed E-state index contributed by atoms with van der Waals surface area (Å²) < 4.78 is 72.6. The molecule has 0 spiro atoms. The predicted octanol–water partition coefficient (Wildman–Crippen LogP) is 4.86. The summed E-state index contributed by atoms with van der Waals surface area (Å²) in [6, 6.07) is 3.41. The normalized spacial score (nSPS) is 26.8. The lowest BCUT2D eigenvalue weighted by atomic mass is 9.95. The average Bonchev–Trinajstić information content (AvgIpc) is 3.69. The number of halogens is 4. The first-order chi connectivity index (χ1) is 23.1. The topological polar surface area (TPSA) is 95.9 Å². The van der Waals surface area contributed by atoms with E-state index in [9.17, 15) is 18.3 Å². The first-order valence-electron chi connectivity index (χ1n) is 16.1. The molecular formula is C35H34F4N6O3. The number of aromatic hydroxyl groups is 1. The molecule has 2 aromatic heterocycles. The molecular weight excluding hydrogens is 628 g/mol. The zero-order valence-corrected chi connectivity index (χ0v) is 26.3. The number of methoxy groups -OCH3 is 1. The summed E-state index contributed by atoms with van der Waals surface area (Å²) in [5, 5.41) is 14.6. The first-order valence-corrected chi connectivity index (χ1v) is 16.1. The van der Waals surface area contributed by atoms with Gasteiger partial charge in [-0.15, -0.1) is 6.42 Å². The predicted molar refractivity (Wildman–Crippen MR) is 171 cm³/mol. The number of pyridine rings is 1. The van der Waals surface area contributed by atoms with Gasteiger partial charge in [0.1, 0.15) is 35.6 Å². The molecule has 6 heterocycles. The van der Waals surface area contributed by atoms with E-state index in [1.807, 2.05) is 0 Å². The summed E-state index contributed by atoms with van der Waals surface area (Å²) in [5.74, 6) is -1.06. The Morgan fingerprint density at radius 1 is 1.12 bits per heavy atom. The number of rotatable bonds is 7. The number of piperazine rings is 1. The first kappa shape index (κ1) is 31.0. The quantitative estimate of drug-likeness (QED) is 0.213.